The molecule has 20 heavy (non-hydrogen) atoms. The Morgan fingerprint density at radius 2 is 2.00 bits per heavy atom. The van der Waals surface area contributed by atoms with Gasteiger partial charge in [0.15, 0.2) is 0 Å². The maximum atomic E-state index is 5.65. The molecule has 0 bridgehead atoms. The van der Waals surface area contributed by atoms with Crippen LogP contribution in [0.5, 0.6) is 6.01 Å². The van der Waals surface area contributed by atoms with Crippen LogP contribution in [0.15, 0.2) is 0 Å². The van der Waals surface area contributed by atoms with Gasteiger partial charge in [0, 0.05) is 12.6 Å². The Morgan fingerprint density at radius 3 is 2.70 bits per heavy atom. The monoisotopic (exact) mass is 280 g/mol. The number of hydrogen-bond donors (Lipinski definition) is 2. The van der Waals surface area contributed by atoms with E-state index in [4.69, 9.17) is 10.5 Å². The van der Waals surface area contributed by atoms with Crippen LogP contribution in [-0.2, 0) is 0 Å². The predicted molar refractivity (Wildman–Crippen MR) is 78.8 cm³/mol. The molecular weight excluding hydrogens is 256 g/mol. The second-order valence-corrected chi connectivity index (χ2v) is 5.06. The van der Waals surface area contributed by atoms with Crippen LogP contribution in [0.4, 0.5) is 11.9 Å². The lowest BCUT2D eigenvalue weighted by Crippen LogP contribution is -2.41. The lowest BCUT2D eigenvalue weighted by Gasteiger charge is -2.32. The average molecular weight is 280 g/mol. The number of nitrogen functional groups attached to an aromatic ring is 1. The van der Waals surface area contributed by atoms with E-state index >= 15 is 0 Å². The van der Waals surface area contributed by atoms with Gasteiger partial charge in [-0.2, -0.15) is 15.0 Å². The maximum absolute atomic E-state index is 5.65. The summed E-state index contributed by atoms with van der Waals surface area (Å²) in [6.07, 6.45) is 3.92. The number of anilines is 2. The smallest absolute Gasteiger partial charge is 0.323 e. The fourth-order valence-electron chi connectivity index (χ4n) is 2.37. The Bertz CT molecular complexity index is 421. The second kappa shape index (κ2) is 7.23. The molecule has 3 N–H and O–H groups in total. The van der Waals surface area contributed by atoms with Gasteiger partial charge in [-0.1, -0.05) is 6.42 Å². The summed E-state index contributed by atoms with van der Waals surface area (Å²) in [7, 11) is 0. The van der Waals surface area contributed by atoms with Crippen molar-refractivity contribution in [1.82, 2.24) is 19.9 Å². The third kappa shape index (κ3) is 4.19. The minimum absolute atomic E-state index is 0.177. The van der Waals surface area contributed by atoms with E-state index in [-0.39, 0.29) is 12.0 Å². The van der Waals surface area contributed by atoms with Crippen LogP contribution < -0.4 is 15.8 Å². The van der Waals surface area contributed by atoms with Gasteiger partial charge < -0.3 is 15.8 Å². The highest BCUT2D eigenvalue weighted by Crippen LogP contribution is 2.13. The first-order valence-corrected chi connectivity index (χ1v) is 7.31. The van der Waals surface area contributed by atoms with Crippen molar-refractivity contribution in [2.75, 3.05) is 37.3 Å². The SMILES string of the molecule is CCOc1nc(N)nc(NCC(C)N2CCCCC2)n1. The van der Waals surface area contributed by atoms with E-state index in [1.807, 2.05) is 6.92 Å². The number of nitrogens with one attached hydrogen (secondary N) is 1. The van der Waals surface area contributed by atoms with E-state index < -0.39 is 0 Å². The van der Waals surface area contributed by atoms with Gasteiger partial charge in [-0.3, -0.25) is 4.90 Å². The molecule has 7 heteroatoms. The number of nitrogens with zero attached hydrogens (tertiary/aromatic N) is 4. The average Bonchev–Trinajstić information content (AvgIpc) is 2.45. The molecule has 1 fully saturated rings. The van der Waals surface area contributed by atoms with Gasteiger partial charge in [-0.05, 0) is 39.8 Å². The molecule has 0 saturated carbocycles. The predicted octanol–water partition coefficient (Wildman–Crippen LogP) is 1.14. The maximum Gasteiger partial charge on any atom is 0.323 e. The van der Waals surface area contributed by atoms with Crippen molar-refractivity contribution in [1.29, 1.82) is 0 Å². The molecule has 0 spiro atoms. The summed E-state index contributed by atoms with van der Waals surface area (Å²) < 4.78 is 5.26. The van der Waals surface area contributed by atoms with Crippen molar-refractivity contribution in [3.63, 3.8) is 0 Å². The summed E-state index contributed by atoms with van der Waals surface area (Å²) in [5.74, 6) is 0.654. The molecule has 0 amide bonds. The van der Waals surface area contributed by atoms with Crippen molar-refractivity contribution in [2.45, 2.75) is 39.2 Å². The van der Waals surface area contributed by atoms with Crippen LogP contribution in [0, 0.1) is 0 Å². The third-order valence-corrected chi connectivity index (χ3v) is 3.48. The molecule has 0 radical (unpaired) electrons. The van der Waals surface area contributed by atoms with Crippen molar-refractivity contribution in [3.8, 4) is 6.01 Å². The van der Waals surface area contributed by atoms with Crippen LogP contribution in [0.1, 0.15) is 33.1 Å². The van der Waals surface area contributed by atoms with E-state index in [9.17, 15) is 0 Å². The summed E-state index contributed by atoms with van der Waals surface area (Å²) >= 11 is 0. The summed E-state index contributed by atoms with van der Waals surface area (Å²) in [4.78, 5) is 14.7. The number of nitrogens with two attached hydrogens (primary N) is 1. The Labute approximate surface area is 119 Å². The van der Waals surface area contributed by atoms with Gasteiger partial charge >= 0.3 is 6.01 Å². The molecule has 1 aliphatic heterocycles. The molecule has 2 rings (SSSR count). The summed E-state index contributed by atoms with van der Waals surface area (Å²) in [6, 6.07) is 0.719. The molecular formula is C13H24N6O. The van der Waals surface area contributed by atoms with Gasteiger partial charge in [0.05, 0.1) is 6.61 Å². The van der Waals surface area contributed by atoms with Gasteiger partial charge in [0.2, 0.25) is 11.9 Å². The summed E-state index contributed by atoms with van der Waals surface area (Å²) in [5, 5.41) is 3.22. The molecule has 2 heterocycles. The number of aromatic nitrogens is 3. The molecule has 1 aromatic heterocycles. The van der Waals surface area contributed by atoms with E-state index in [2.05, 4.69) is 32.1 Å². The fourth-order valence-corrected chi connectivity index (χ4v) is 2.37. The number of hydrogen-bond acceptors (Lipinski definition) is 7. The largest absolute Gasteiger partial charge is 0.464 e. The third-order valence-electron chi connectivity index (χ3n) is 3.48. The van der Waals surface area contributed by atoms with Gasteiger partial charge in [-0.25, -0.2) is 0 Å². The van der Waals surface area contributed by atoms with Gasteiger partial charge in [0.1, 0.15) is 0 Å². The molecule has 1 aromatic rings. The standard InChI is InChI=1S/C13H24N6O/c1-3-20-13-17-11(14)16-12(18-13)15-9-10(2)19-7-5-4-6-8-19/h10H,3-9H2,1-2H3,(H3,14,15,16,17,18). The summed E-state index contributed by atoms with van der Waals surface area (Å²) in [5.41, 5.74) is 5.65. The molecule has 7 nitrogen and oxygen atoms in total. The van der Waals surface area contributed by atoms with Gasteiger partial charge in [0.25, 0.3) is 0 Å². The minimum atomic E-state index is 0.177. The Kier molecular flexibility index (Phi) is 5.34. The van der Waals surface area contributed by atoms with Crippen molar-refractivity contribution >= 4 is 11.9 Å². The number of piperidine rings is 1. The first-order valence-electron chi connectivity index (χ1n) is 7.31. The first kappa shape index (κ1) is 14.8. The Morgan fingerprint density at radius 1 is 1.25 bits per heavy atom. The molecule has 1 saturated heterocycles. The van der Waals surface area contributed by atoms with Crippen molar-refractivity contribution < 1.29 is 4.74 Å². The number of rotatable bonds is 6. The Hall–Kier alpha value is -1.63. The molecule has 0 aromatic carbocycles. The van der Waals surface area contributed by atoms with Crippen LogP contribution in [0.25, 0.3) is 0 Å². The van der Waals surface area contributed by atoms with E-state index in [0.29, 0.717) is 18.6 Å². The highest BCUT2D eigenvalue weighted by molar-refractivity contribution is 5.32. The van der Waals surface area contributed by atoms with Crippen LogP contribution in [0.2, 0.25) is 0 Å². The molecule has 1 aliphatic rings. The van der Waals surface area contributed by atoms with Crippen LogP contribution in [-0.4, -0.2) is 52.1 Å². The van der Waals surface area contributed by atoms with Crippen molar-refractivity contribution in [2.24, 2.45) is 0 Å². The van der Waals surface area contributed by atoms with E-state index in [0.717, 1.165) is 6.54 Å². The second-order valence-electron chi connectivity index (χ2n) is 5.06. The van der Waals surface area contributed by atoms with E-state index in [1.165, 1.54) is 32.4 Å². The van der Waals surface area contributed by atoms with Crippen molar-refractivity contribution in [3.05, 3.63) is 0 Å². The highest BCUT2D eigenvalue weighted by Gasteiger charge is 2.16. The molecule has 1 atom stereocenters. The molecule has 0 aliphatic carbocycles. The number of ether oxygens (including phenoxy) is 1. The zero-order valence-electron chi connectivity index (χ0n) is 12.3. The van der Waals surface area contributed by atoms with Crippen LogP contribution >= 0.6 is 0 Å². The fraction of sp³-hybridized carbons (Fsp3) is 0.769. The molecule has 112 valence electrons. The van der Waals surface area contributed by atoms with Gasteiger partial charge in [-0.15, -0.1) is 0 Å². The normalized spacial score (nSPS) is 17.7. The quantitative estimate of drug-likeness (QED) is 0.807. The Balaban J connectivity index is 1.89. The minimum Gasteiger partial charge on any atom is -0.464 e. The van der Waals surface area contributed by atoms with E-state index in [1.54, 1.807) is 0 Å². The lowest BCUT2D eigenvalue weighted by molar-refractivity contribution is 0.180. The van der Waals surface area contributed by atoms with Crippen LogP contribution in [0.3, 0.4) is 0 Å². The zero-order valence-corrected chi connectivity index (χ0v) is 12.3. The number of likely N-dealkylation sites (tertiary alicyclic amines) is 1. The highest BCUT2D eigenvalue weighted by atomic mass is 16.5. The summed E-state index contributed by atoms with van der Waals surface area (Å²) in [6.45, 7) is 7.73. The first-order chi connectivity index (χ1) is 9.69. The zero-order chi connectivity index (χ0) is 14.4. The topological polar surface area (TPSA) is 89.2 Å². The lowest BCUT2D eigenvalue weighted by atomic mass is 10.1. The molecule has 1 unspecified atom stereocenters.